The first-order valence-electron chi connectivity index (χ1n) is 6.64. The van der Waals surface area contributed by atoms with E-state index in [2.05, 4.69) is 12.2 Å². The van der Waals surface area contributed by atoms with Crippen LogP contribution in [0.4, 0.5) is 0 Å². The topological polar surface area (TPSA) is 49.4 Å². The third-order valence-electron chi connectivity index (χ3n) is 3.22. The Morgan fingerprint density at radius 1 is 1.32 bits per heavy atom. The van der Waals surface area contributed by atoms with Gasteiger partial charge in [-0.15, -0.1) is 0 Å². The molecule has 0 amide bonds. The standard InChI is InChI=1S/C14H24N2O2S/c1-5-6-9-16(4)19(17,18)14-8-7-12(2)13(10-14)11-15-3/h7-8,10,15H,5-6,9,11H2,1-4H3. The molecular weight excluding hydrogens is 260 g/mol. The Hall–Kier alpha value is -0.910. The van der Waals surface area contributed by atoms with Crippen molar-refractivity contribution in [3.05, 3.63) is 29.3 Å². The maximum atomic E-state index is 12.4. The highest BCUT2D eigenvalue weighted by Crippen LogP contribution is 2.19. The van der Waals surface area contributed by atoms with Gasteiger partial charge in [-0.3, -0.25) is 0 Å². The molecule has 0 heterocycles. The van der Waals surface area contributed by atoms with Crippen molar-refractivity contribution < 1.29 is 8.42 Å². The summed E-state index contributed by atoms with van der Waals surface area (Å²) in [7, 11) is 0.133. The molecule has 4 nitrogen and oxygen atoms in total. The van der Waals surface area contributed by atoms with E-state index in [0.717, 1.165) is 24.0 Å². The van der Waals surface area contributed by atoms with Gasteiger partial charge in [-0.05, 0) is 43.7 Å². The normalized spacial score (nSPS) is 12.1. The van der Waals surface area contributed by atoms with Gasteiger partial charge in [0.05, 0.1) is 4.90 Å². The molecule has 0 radical (unpaired) electrons. The smallest absolute Gasteiger partial charge is 0.242 e. The molecule has 0 saturated heterocycles. The Morgan fingerprint density at radius 3 is 2.58 bits per heavy atom. The summed E-state index contributed by atoms with van der Waals surface area (Å²) in [6.45, 7) is 5.28. The molecule has 0 unspecified atom stereocenters. The van der Waals surface area contributed by atoms with Crippen LogP contribution in [-0.2, 0) is 16.6 Å². The van der Waals surface area contributed by atoms with Gasteiger partial charge in [0.1, 0.15) is 0 Å². The highest BCUT2D eigenvalue weighted by Gasteiger charge is 2.20. The molecule has 1 aromatic rings. The summed E-state index contributed by atoms with van der Waals surface area (Å²) in [6.07, 6.45) is 1.86. The van der Waals surface area contributed by atoms with Crippen LogP contribution >= 0.6 is 0 Å². The minimum Gasteiger partial charge on any atom is -0.316 e. The fourth-order valence-electron chi connectivity index (χ4n) is 1.87. The van der Waals surface area contributed by atoms with Crippen LogP contribution in [0.15, 0.2) is 23.1 Å². The van der Waals surface area contributed by atoms with Gasteiger partial charge in [0.2, 0.25) is 10.0 Å². The van der Waals surface area contributed by atoms with Gasteiger partial charge >= 0.3 is 0 Å². The van der Waals surface area contributed by atoms with Crippen molar-refractivity contribution in [1.29, 1.82) is 0 Å². The number of hydrogen-bond donors (Lipinski definition) is 1. The van der Waals surface area contributed by atoms with Gasteiger partial charge in [0.15, 0.2) is 0 Å². The van der Waals surface area contributed by atoms with Crippen LogP contribution in [0, 0.1) is 6.92 Å². The number of nitrogens with one attached hydrogen (secondary N) is 1. The van der Waals surface area contributed by atoms with Crippen molar-refractivity contribution in [3.63, 3.8) is 0 Å². The number of rotatable bonds is 7. The predicted octanol–water partition coefficient (Wildman–Crippen LogP) is 2.14. The Morgan fingerprint density at radius 2 is 2.00 bits per heavy atom. The number of aryl methyl sites for hydroxylation is 1. The van der Waals surface area contributed by atoms with Crippen LogP contribution in [0.5, 0.6) is 0 Å². The van der Waals surface area contributed by atoms with Gasteiger partial charge < -0.3 is 5.32 Å². The SMILES string of the molecule is CCCCN(C)S(=O)(=O)c1ccc(C)c(CNC)c1. The molecule has 1 N–H and O–H groups in total. The summed E-state index contributed by atoms with van der Waals surface area (Å²) in [6, 6.07) is 5.32. The number of benzene rings is 1. The lowest BCUT2D eigenvalue weighted by Crippen LogP contribution is -2.28. The first-order chi connectivity index (χ1) is 8.93. The molecule has 0 aliphatic heterocycles. The van der Waals surface area contributed by atoms with E-state index in [1.165, 1.54) is 4.31 Å². The third-order valence-corrected chi connectivity index (χ3v) is 5.08. The summed E-state index contributed by atoms with van der Waals surface area (Å²) in [5.74, 6) is 0. The first kappa shape index (κ1) is 16.1. The maximum absolute atomic E-state index is 12.4. The van der Waals surface area contributed by atoms with Gasteiger partial charge in [0.25, 0.3) is 0 Å². The zero-order valence-electron chi connectivity index (χ0n) is 12.2. The van der Waals surface area contributed by atoms with E-state index in [9.17, 15) is 8.42 Å². The van der Waals surface area contributed by atoms with Crippen molar-refractivity contribution in [3.8, 4) is 0 Å². The second-order valence-electron chi connectivity index (χ2n) is 4.80. The molecule has 0 aliphatic carbocycles. The van der Waals surface area contributed by atoms with Crippen LogP contribution in [0.1, 0.15) is 30.9 Å². The summed E-state index contributed by atoms with van der Waals surface area (Å²) >= 11 is 0. The van der Waals surface area contributed by atoms with Crippen molar-refractivity contribution in [2.24, 2.45) is 0 Å². The Bertz CT molecular complexity index is 512. The molecule has 0 spiro atoms. The predicted molar refractivity (Wildman–Crippen MR) is 78.7 cm³/mol. The molecule has 0 aromatic heterocycles. The van der Waals surface area contributed by atoms with Crippen LogP contribution in [-0.4, -0.2) is 33.4 Å². The monoisotopic (exact) mass is 284 g/mol. The highest BCUT2D eigenvalue weighted by atomic mass is 32.2. The van der Waals surface area contributed by atoms with E-state index in [-0.39, 0.29) is 0 Å². The molecule has 108 valence electrons. The number of nitrogens with zero attached hydrogens (tertiary/aromatic N) is 1. The molecular formula is C14H24N2O2S. The van der Waals surface area contributed by atoms with Crippen molar-refractivity contribution in [1.82, 2.24) is 9.62 Å². The molecule has 1 aromatic carbocycles. The van der Waals surface area contributed by atoms with Gasteiger partial charge in [-0.2, -0.15) is 0 Å². The molecule has 0 fully saturated rings. The van der Waals surface area contributed by atoms with Gasteiger partial charge in [-0.1, -0.05) is 19.4 Å². The average Bonchev–Trinajstić information content (AvgIpc) is 2.38. The molecule has 0 atom stereocenters. The molecule has 1 rings (SSSR count). The summed E-state index contributed by atoms with van der Waals surface area (Å²) in [4.78, 5) is 0.377. The summed E-state index contributed by atoms with van der Waals surface area (Å²) < 4.78 is 26.3. The lowest BCUT2D eigenvalue weighted by Gasteiger charge is -2.18. The molecule has 0 bridgehead atoms. The van der Waals surface area contributed by atoms with E-state index in [1.807, 2.05) is 20.0 Å². The fourth-order valence-corrected chi connectivity index (χ4v) is 3.13. The zero-order valence-corrected chi connectivity index (χ0v) is 13.0. The second kappa shape index (κ2) is 7.03. The number of unbranched alkanes of at least 4 members (excludes halogenated alkanes) is 1. The third kappa shape index (κ3) is 4.03. The van der Waals surface area contributed by atoms with Crippen LogP contribution in [0.25, 0.3) is 0 Å². The maximum Gasteiger partial charge on any atom is 0.242 e. The Balaban J connectivity index is 3.04. The summed E-state index contributed by atoms with van der Waals surface area (Å²) in [5, 5.41) is 3.06. The van der Waals surface area contributed by atoms with Crippen molar-refractivity contribution >= 4 is 10.0 Å². The van der Waals surface area contributed by atoms with E-state index >= 15 is 0 Å². The van der Waals surface area contributed by atoms with E-state index in [0.29, 0.717) is 18.0 Å². The Kier molecular flexibility index (Phi) is 5.97. The van der Waals surface area contributed by atoms with Crippen molar-refractivity contribution in [2.75, 3.05) is 20.6 Å². The largest absolute Gasteiger partial charge is 0.316 e. The second-order valence-corrected chi connectivity index (χ2v) is 6.84. The van der Waals surface area contributed by atoms with E-state index in [4.69, 9.17) is 0 Å². The zero-order chi connectivity index (χ0) is 14.5. The van der Waals surface area contributed by atoms with Crippen LogP contribution < -0.4 is 5.32 Å². The van der Waals surface area contributed by atoms with Gasteiger partial charge in [0, 0.05) is 20.1 Å². The van der Waals surface area contributed by atoms with Crippen LogP contribution in [0.3, 0.4) is 0 Å². The molecule has 19 heavy (non-hydrogen) atoms. The molecule has 0 aliphatic rings. The van der Waals surface area contributed by atoms with Crippen LogP contribution in [0.2, 0.25) is 0 Å². The summed E-state index contributed by atoms with van der Waals surface area (Å²) in [5.41, 5.74) is 2.12. The molecule has 0 saturated carbocycles. The lowest BCUT2D eigenvalue weighted by molar-refractivity contribution is 0.459. The quantitative estimate of drug-likeness (QED) is 0.834. The first-order valence-corrected chi connectivity index (χ1v) is 8.08. The lowest BCUT2D eigenvalue weighted by atomic mass is 10.1. The fraction of sp³-hybridized carbons (Fsp3) is 0.571. The Labute approximate surface area is 116 Å². The number of hydrogen-bond acceptors (Lipinski definition) is 3. The minimum absolute atomic E-state index is 0.377. The molecule has 5 heteroatoms. The van der Waals surface area contributed by atoms with E-state index < -0.39 is 10.0 Å². The highest BCUT2D eigenvalue weighted by molar-refractivity contribution is 7.89. The average molecular weight is 284 g/mol. The number of sulfonamides is 1. The van der Waals surface area contributed by atoms with E-state index in [1.54, 1.807) is 19.2 Å². The van der Waals surface area contributed by atoms with Crippen molar-refractivity contribution in [2.45, 2.75) is 38.1 Å². The minimum atomic E-state index is -3.36. The van der Waals surface area contributed by atoms with Gasteiger partial charge in [-0.25, -0.2) is 12.7 Å².